The fourth-order valence-electron chi connectivity index (χ4n) is 2.58. The van der Waals surface area contributed by atoms with Crippen LogP contribution in [0.1, 0.15) is 56.3 Å². The molecule has 0 spiro atoms. The topological polar surface area (TPSA) is 38.7 Å². The smallest absolute Gasteiger partial charge is 0.187 e. The van der Waals surface area contributed by atoms with Crippen molar-refractivity contribution >= 4 is 0 Å². The molecule has 106 valence electrons. The van der Waals surface area contributed by atoms with Crippen molar-refractivity contribution in [1.29, 1.82) is 0 Å². The standard InChI is InChI=1S/C16H24O3/c1-3-18-16(19-4-2)15(17)14-11-6-5-10-13(14)12-8-7-9-12/h5-6,10-12,15-17H,3-4,7-9H2,1-2H3. The monoisotopic (exact) mass is 264 g/mol. The van der Waals surface area contributed by atoms with Gasteiger partial charge in [0.2, 0.25) is 0 Å². The molecule has 0 amide bonds. The minimum atomic E-state index is -0.711. The molecule has 19 heavy (non-hydrogen) atoms. The quantitative estimate of drug-likeness (QED) is 0.767. The highest BCUT2D eigenvalue weighted by Gasteiger charge is 2.28. The van der Waals surface area contributed by atoms with Crippen LogP contribution in [0.2, 0.25) is 0 Å². The predicted molar refractivity (Wildman–Crippen MR) is 75.0 cm³/mol. The van der Waals surface area contributed by atoms with Crippen LogP contribution in [-0.2, 0) is 9.47 Å². The summed E-state index contributed by atoms with van der Waals surface area (Å²) in [6, 6.07) is 8.12. The molecule has 0 bridgehead atoms. The van der Waals surface area contributed by atoms with Gasteiger partial charge in [0.05, 0.1) is 0 Å². The van der Waals surface area contributed by atoms with Gasteiger partial charge in [0.15, 0.2) is 6.29 Å². The zero-order valence-corrected chi connectivity index (χ0v) is 11.8. The number of benzene rings is 1. The van der Waals surface area contributed by atoms with Crippen LogP contribution in [0.3, 0.4) is 0 Å². The van der Waals surface area contributed by atoms with Crippen LogP contribution in [0.5, 0.6) is 0 Å². The summed E-state index contributed by atoms with van der Waals surface area (Å²) in [4.78, 5) is 0. The van der Waals surface area contributed by atoms with E-state index in [-0.39, 0.29) is 0 Å². The maximum Gasteiger partial charge on any atom is 0.187 e. The second kappa shape index (κ2) is 7.04. The number of hydrogen-bond acceptors (Lipinski definition) is 3. The second-order valence-electron chi connectivity index (χ2n) is 4.98. The van der Waals surface area contributed by atoms with E-state index in [4.69, 9.17) is 9.47 Å². The molecular weight excluding hydrogens is 240 g/mol. The Morgan fingerprint density at radius 1 is 1.16 bits per heavy atom. The van der Waals surface area contributed by atoms with E-state index in [0.29, 0.717) is 19.1 Å². The number of aliphatic hydroxyl groups is 1. The summed E-state index contributed by atoms with van der Waals surface area (Å²) in [5.41, 5.74) is 2.21. The van der Waals surface area contributed by atoms with Gasteiger partial charge in [-0.15, -0.1) is 0 Å². The second-order valence-corrected chi connectivity index (χ2v) is 4.98. The van der Waals surface area contributed by atoms with Gasteiger partial charge in [-0.05, 0) is 43.7 Å². The Labute approximate surface area is 115 Å². The van der Waals surface area contributed by atoms with Gasteiger partial charge in [-0.1, -0.05) is 30.7 Å². The Morgan fingerprint density at radius 2 is 1.79 bits per heavy atom. The molecule has 1 aromatic rings. The first-order valence-electron chi connectivity index (χ1n) is 7.28. The van der Waals surface area contributed by atoms with E-state index >= 15 is 0 Å². The van der Waals surface area contributed by atoms with Gasteiger partial charge in [-0.2, -0.15) is 0 Å². The molecule has 1 aliphatic rings. The van der Waals surface area contributed by atoms with Crippen molar-refractivity contribution in [2.24, 2.45) is 0 Å². The summed E-state index contributed by atoms with van der Waals surface area (Å²) >= 11 is 0. The van der Waals surface area contributed by atoms with Crippen LogP contribution in [-0.4, -0.2) is 24.6 Å². The maximum atomic E-state index is 10.5. The summed E-state index contributed by atoms with van der Waals surface area (Å²) < 4.78 is 11.0. The van der Waals surface area contributed by atoms with E-state index in [0.717, 1.165) is 5.56 Å². The Kier molecular flexibility index (Phi) is 5.37. The highest BCUT2D eigenvalue weighted by Crippen LogP contribution is 2.40. The normalized spacial score (nSPS) is 17.5. The molecule has 0 radical (unpaired) electrons. The van der Waals surface area contributed by atoms with Crippen molar-refractivity contribution in [2.45, 2.75) is 51.4 Å². The average molecular weight is 264 g/mol. The van der Waals surface area contributed by atoms with Crippen molar-refractivity contribution in [1.82, 2.24) is 0 Å². The molecule has 0 aromatic heterocycles. The first kappa shape index (κ1) is 14.5. The maximum absolute atomic E-state index is 10.5. The molecule has 1 atom stereocenters. The highest BCUT2D eigenvalue weighted by atomic mass is 16.7. The van der Waals surface area contributed by atoms with Crippen molar-refractivity contribution in [3.8, 4) is 0 Å². The van der Waals surface area contributed by atoms with Crippen molar-refractivity contribution in [3.63, 3.8) is 0 Å². The SMILES string of the molecule is CCOC(OCC)C(O)c1ccccc1C1CCC1. The van der Waals surface area contributed by atoms with Crippen LogP contribution in [0.15, 0.2) is 24.3 Å². The first-order chi connectivity index (χ1) is 9.27. The predicted octanol–water partition coefficient (Wildman–Crippen LogP) is 3.39. The largest absolute Gasteiger partial charge is 0.383 e. The van der Waals surface area contributed by atoms with Crippen LogP contribution >= 0.6 is 0 Å². The molecule has 0 heterocycles. The van der Waals surface area contributed by atoms with E-state index in [1.807, 2.05) is 32.0 Å². The number of hydrogen-bond donors (Lipinski definition) is 1. The van der Waals surface area contributed by atoms with E-state index in [9.17, 15) is 5.11 Å². The number of rotatable bonds is 7. The fraction of sp³-hybridized carbons (Fsp3) is 0.625. The fourth-order valence-corrected chi connectivity index (χ4v) is 2.58. The summed E-state index contributed by atoms with van der Waals surface area (Å²) in [5.74, 6) is 0.592. The molecule has 3 heteroatoms. The Hall–Kier alpha value is -0.900. The van der Waals surface area contributed by atoms with Crippen LogP contribution in [0.25, 0.3) is 0 Å². The molecule has 0 aliphatic heterocycles. The number of aliphatic hydroxyl groups excluding tert-OH is 1. The lowest BCUT2D eigenvalue weighted by Gasteiger charge is -2.31. The molecule has 1 aromatic carbocycles. The Balaban J connectivity index is 2.18. The van der Waals surface area contributed by atoms with Gasteiger partial charge in [0, 0.05) is 13.2 Å². The Morgan fingerprint density at radius 3 is 2.32 bits per heavy atom. The van der Waals surface area contributed by atoms with Crippen molar-refractivity contribution < 1.29 is 14.6 Å². The average Bonchev–Trinajstić information content (AvgIpc) is 2.36. The Bertz CT molecular complexity index is 381. The third kappa shape index (κ3) is 3.35. The van der Waals surface area contributed by atoms with Gasteiger partial charge in [0.1, 0.15) is 6.10 Å². The summed E-state index contributed by atoms with van der Waals surface area (Å²) in [6.07, 6.45) is 2.44. The lowest BCUT2D eigenvalue weighted by molar-refractivity contribution is -0.191. The molecule has 3 nitrogen and oxygen atoms in total. The van der Waals surface area contributed by atoms with E-state index < -0.39 is 12.4 Å². The molecule has 0 saturated heterocycles. The van der Waals surface area contributed by atoms with Gasteiger partial charge in [-0.25, -0.2) is 0 Å². The minimum Gasteiger partial charge on any atom is -0.383 e. The molecule has 1 N–H and O–H groups in total. The summed E-state index contributed by atoms with van der Waals surface area (Å²) in [7, 11) is 0. The molecule has 1 aliphatic carbocycles. The van der Waals surface area contributed by atoms with E-state index in [2.05, 4.69) is 6.07 Å². The number of ether oxygens (including phenoxy) is 2. The van der Waals surface area contributed by atoms with Crippen molar-refractivity contribution in [3.05, 3.63) is 35.4 Å². The molecule has 1 unspecified atom stereocenters. The van der Waals surface area contributed by atoms with Crippen LogP contribution < -0.4 is 0 Å². The van der Waals surface area contributed by atoms with Crippen LogP contribution in [0, 0.1) is 0 Å². The summed E-state index contributed by atoms with van der Waals surface area (Å²) in [5, 5.41) is 10.5. The molecule has 1 saturated carbocycles. The van der Waals surface area contributed by atoms with E-state index in [1.54, 1.807) is 0 Å². The third-order valence-electron chi connectivity index (χ3n) is 3.78. The van der Waals surface area contributed by atoms with Gasteiger partial charge in [-0.3, -0.25) is 0 Å². The minimum absolute atomic E-state index is 0.535. The van der Waals surface area contributed by atoms with Gasteiger partial charge >= 0.3 is 0 Å². The first-order valence-corrected chi connectivity index (χ1v) is 7.28. The lowest BCUT2D eigenvalue weighted by atomic mass is 9.77. The summed E-state index contributed by atoms with van der Waals surface area (Å²) in [6.45, 7) is 4.90. The molecular formula is C16H24O3. The van der Waals surface area contributed by atoms with Crippen LogP contribution in [0.4, 0.5) is 0 Å². The lowest BCUT2D eigenvalue weighted by Crippen LogP contribution is -2.27. The third-order valence-corrected chi connectivity index (χ3v) is 3.78. The molecule has 2 rings (SSSR count). The van der Waals surface area contributed by atoms with E-state index in [1.165, 1.54) is 24.8 Å². The van der Waals surface area contributed by atoms with Gasteiger partial charge in [0.25, 0.3) is 0 Å². The highest BCUT2D eigenvalue weighted by molar-refractivity contribution is 5.33. The van der Waals surface area contributed by atoms with Crippen molar-refractivity contribution in [2.75, 3.05) is 13.2 Å². The molecule has 1 fully saturated rings. The zero-order valence-electron chi connectivity index (χ0n) is 11.8. The zero-order chi connectivity index (χ0) is 13.7. The van der Waals surface area contributed by atoms with Gasteiger partial charge < -0.3 is 14.6 Å².